The zero-order valence-electron chi connectivity index (χ0n) is 9.64. The van der Waals surface area contributed by atoms with Gasteiger partial charge in [0.15, 0.2) is 0 Å². The van der Waals surface area contributed by atoms with Crippen molar-refractivity contribution in [3.05, 3.63) is 35.9 Å². The first-order valence-electron chi connectivity index (χ1n) is 5.66. The minimum absolute atomic E-state index is 0.117. The van der Waals surface area contributed by atoms with Crippen molar-refractivity contribution in [2.45, 2.75) is 25.9 Å². The van der Waals surface area contributed by atoms with Crippen LogP contribution >= 0.6 is 0 Å². The Hall–Kier alpha value is -1.35. The molecule has 0 saturated carbocycles. The Bertz CT molecular complexity index is 361. The maximum Gasteiger partial charge on any atom is 0.323 e. The molecule has 0 unspecified atom stereocenters. The first kappa shape index (κ1) is 11.1. The van der Waals surface area contributed by atoms with Crippen LogP contribution in [0.2, 0.25) is 0 Å². The molecular formula is C13H17NO2. The minimum atomic E-state index is -0.195. The van der Waals surface area contributed by atoms with E-state index in [2.05, 4.69) is 5.32 Å². The molecule has 0 aliphatic carbocycles. The molecule has 1 aromatic carbocycles. The molecule has 0 spiro atoms. The molecule has 16 heavy (non-hydrogen) atoms. The fourth-order valence-corrected chi connectivity index (χ4v) is 1.93. The van der Waals surface area contributed by atoms with Crippen LogP contribution in [0.1, 0.15) is 25.5 Å². The standard InChI is InChI=1S/C13H17NO2/c1-9(2)12-13(15)16-8-11(14-12)10-6-4-3-5-7-10/h3-7,9,11-12,14H,8H2,1-2H3/t11-,12+/m1/s1. The van der Waals surface area contributed by atoms with E-state index in [1.807, 2.05) is 44.2 Å². The minimum Gasteiger partial charge on any atom is -0.462 e. The number of hydrogen-bond donors (Lipinski definition) is 1. The topological polar surface area (TPSA) is 38.3 Å². The van der Waals surface area contributed by atoms with Crippen LogP contribution in [0.25, 0.3) is 0 Å². The summed E-state index contributed by atoms with van der Waals surface area (Å²) in [7, 11) is 0. The van der Waals surface area contributed by atoms with E-state index < -0.39 is 0 Å². The first-order valence-corrected chi connectivity index (χ1v) is 5.66. The molecule has 3 heteroatoms. The number of esters is 1. The summed E-state index contributed by atoms with van der Waals surface area (Å²) < 4.78 is 5.22. The van der Waals surface area contributed by atoms with E-state index in [1.165, 1.54) is 5.56 Å². The Kier molecular flexibility index (Phi) is 3.25. The molecule has 0 radical (unpaired) electrons. The molecule has 1 aromatic rings. The Morgan fingerprint density at radius 1 is 1.31 bits per heavy atom. The Balaban J connectivity index is 2.12. The van der Waals surface area contributed by atoms with Gasteiger partial charge in [-0.05, 0) is 11.5 Å². The predicted molar refractivity (Wildman–Crippen MR) is 61.9 cm³/mol. The molecule has 2 atom stereocenters. The lowest BCUT2D eigenvalue weighted by Crippen LogP contribution is -2.50. The van der Waals surface area contributed by atoms with Crippen LogP contribution < -0.4 is 5.32 Å². The highest BCUT2D eigenvalue weighted by atomic mass is 16.5. The fourth-order valence-electron chi connectivity index (χ4n) is 1.93. The summed E-state index contributed by atoms with van der Waals surface area (Å²) in [4.78, 5) is 11.5. The lowest BCUT2D eigenvalue weighted by Gasteiger charge is -2.32. The van der Waals surface area contributed by atoms with Gasteiger partial charge in [0.2, 0.25) is 0 Å². The van der Waals surface area contributed by atoms with E-state index in [-0.39, 0.29) is 24.0 Å². The molecule has 1 saturated heterocycles. The molecule has 3 nitrogen and oxygen atoms in total. The van der Waals surface area contributed by atoms with Crippen LogP contribution in [-0.2, 0) is 9.53 Å². The summed E-state index contributed by atoms with van der Waals surface area (Å²) in [5.41, 5.74) is 1.17. The van der Waals surface area contributed by atoms with Crippen molar-refractivity contribution < 1.29 is 9.53 Å². The number of ether oxygens (including phenoxy) is 1. The average molecular weight is 219 g/mol. The van der Waals surface area contributed by atoms with Crippen LogP contribution in [0, 0.1) is 5.92 Å². The maximum atomic E-state index is 11.5. The highest BCUT2D eigenvalue weighted by molar-refractivity contribution is 5.77. The number of carbonyl (C=O) groups excluding carboxylic acids is 1. The number of cyclic esters (lactones) is 1. The summed E-state index contributed by atoms with van der Waals surface area (Å²) in [5.74, 6) is 0.112. The van der Waals surface area contributed by atoms with Gasteiger partial charge in [0.25, 0.3) is 0 Å². The van der Waals surface area contributed by atoms with E-state index in [4.69, 9.17) is 4.74 Å². The SMILES string of the molecule is CC(C)[C@@H]1N[C@@H](c2ccccc2)COC1=O. The van der Waals surface area contributed by atoms with Gasteiger partial charge in [-0.3, -0.25) is 10.1 Å². The van der Waals surface area contributed by atoms with E-state index in [0.29, 0.717) is 6.61 Å². The predicted octanol–water partition coefficient (Wildman–Crippen LogP) is 1.90. The highest BCUT2D eigenvalue weighted by Crippen LogP contribution is 2.20. The van der Waals surface area contributed by atoms with Gasteiger partial charge in [-0.15, -0.1) is 0 Å². The van der Waals surface area contributed by atoms with Crippen LogP contribution in [0.15, 0.2) is 30.3 Å². The highest BCUT2D eigenvalue weighted by Gasteiger charge is 2.32. The average Bonchev–Trinajstić information content (AvgIpc) is 2.30. The lowest BCUT2D eigenvalue weighted by atomic mass is 9.99. The molecule has 1 heterocycles. The van der Waals surface area contributed by atoms with Crippen molar-refractivity contribution in [2.24, 2.45) is 5.92 Å². The molecule has 1 aliphatic rings. The molecule has 0 amide bonds. The monoisotopic (exact) mass is 219 g/mol. The number of carbonyl (C=O) groups is 1. The molecule has 0 aromatic heterocycles. The van der Waals surface area contributed by atoms with Crippen molar-refractivity contribution >= 4 is 5.97 Å². The Morgan fingerprint density at radius 2 is 2.00 bits per heavy atom. The zero-order valence-corrected chi connectivity index (χ0v) is 9.64. The second kappa shape index (κ2) is 4.66. The van der Waals surface area contributed by atoms with Crippen molar-refractivity contribution in [3.63, 3.8) is 0 Å². The third-order valence-electron chi connectivity index (χ3n) is 2.90. The molecule has 1 aliphatic heterocycles. The summed E-state index contributed by atoms with van der Waals surface area (Å²) in [5, 5.41) is 3.34. The molecule has 1 N–H and O–H groups in total. The third-order valence-corrected chi connectivity index (χ3v) is 2.90. The number of nitrogens with one attached hydrogen (secondary N) is 1. The zero-order chi connectivity index (χ0) is 11.5. The number of morpholine rings is 1. The van der Waals surface area contributed by atoms with E-state index in [1.54, 1.807) is 0 Å². The molecule has 2 rings (SSSR count). The van der Waals surface area contributed by atoms with Gasteiger partial charge in [0, 0.05) is 0 Å². The lowest BCUT2D eigenvalue weighted by molar-refractivity contribution is -0.153. The summed E-state index contributed by atoms with van der Waals surface area (Å²) in [6.07, 6.45) is 0. The molecule has 1 fully saturated rings. The first-order chi connectivity index (χ1) is 7.68. The summed E-state index contributed by atoms with van der Waals surface area (Å²) >= 11 is 0. The molecular weight excluding hydrogens is 202 g/mol. The molecule has 86 valence electrons. The molecule has 0 bridgehead atoms. The van der Waals surface area contributed by atoms with Gasteiger partial charge in [-0.1, -0.05) is 44.2 Å². The van der Waals surface area contributed by atoms with Crippen molar-refractivity contribution in [1.29, 1.82) is 0 Å². The van der Waals surface area contributed by atoms with Crippen LogP contribution in [0.5, 0.6) is 0 Å². The fraction of sp³-hybridized carbons (Fsp3) is 0.462. The van der Waals surface area contributed by atoms with Crippen molar-refractivity contribution in [3.8, 4) is 0 Å². The van der Waals surface area contributed by atoms with Crippen LogP contribution in [0.3, 0.4) is 0 Å². The van der Waals surface area contributed by atoms with E-state index >= 15 is 0 Å². The Morgan fingerprint density at radius 3 is 2.62 bits per heavy atom. The smallest absolute Gasteiger partial charge is 0.323 e. The van der Waals surface area contributed by atoms with Gasteiger partial charge < -0.3 is 4.74 Å². The van der Waals surface area contributed by atoms with Crippen molar-refractivity contribution in [2.75, 3.05) is 6.61 Å². The van der Waals surface area contributed by atoms with Crippen LogP contribution in [-0.4, -0.2) is 18.6 Å². The second-order valence-corrected chi connectivity index (χ2v) is 4.48. The van der Waals surface area contributed by atoms with Crippen molar-refractivity contribution in [1.82, 2.24) is 5.32 Å². The number of benzene rings is 1. The summed E-state index contributed by atoms with van der Waals surface area (Å²) in [6.45, 7) is 4.46. The largest absolute Gasteiger partial charge is 0.462 e. The van der Waals surface area contributed by atoms with Gasteiger partial charge in [0.1, 0.15) is 12.6 Å². The van der Waals surface area contributed by atoms with Gasteiger partial charge in [0.05, 0.1) is 6.04 Å². The van der Waals surface area contributed by atoms with Gasteiger partial charge in [-0.25, -0.2) is 0 Å². The third kappa shape index (κ3) is 2.25. The number of rotatable bonds is 2. The maximum absolute atomic E-state index is 11.5. The summed E-state index contributed by atoms with van der Waals surface area (Å²) in [6, 6.07) is 10.0. The quantitative estimate of drug-likeness (QED) is 0.772. The second-order valence-electron chi connectivity index (χ2n) is 4.48. The normalized spacial score (nSPS) is 25.6. The van der Waals surface area contributed by atoms with E-state index in [0.717, 1.165) is 0 Å². The van der Waals surface area contributed by atoms with Gasteiger partial charge in [-0.2, -0.15) is 0 Å². The van der Waals surface area contributed by atoms with Gasteiger partial charge >= 0.3 is 5.97 Å². The van der Waals surface area contributed by atoms with Crippen LogP contribution in [0.4, 0.5) is 0 Å². The number of hydrogen-bond acceptors (Lipinski definition) is 3. The van der Waals surface area contributed by atoms with E-state index in [9.17, 15) is 4.79 Å². The Labute approximate surface area is 95.8 Å².